The number of alkyl halides is 6. The van der Waals surface area contributed by atoms with Gasteiger partial charge in [0.25, 0.3) is 0 Å². The van der Waals surface area contributed by atoms with Crippen LogP contribution in [0.5, 0.6) is 0 Å². The molecule has 0 saturated carbocycles. The molecule has 15 atom stereocenters. The van der Waals surface area contributed by atoms with Crippen molar-refractivity contribution in [2.45, 2.75) is 152 Å². The number of esters is 2. The number of nitrogens with one attached hydrogen (secondary N) is 1. The summed E-state index contributed by atoms with van der Waals surface area (Å²) < 4.78 is 83.5. The number of aliphatic hydroxyl groups excluding tert-OH is 2. The van der Waals surface area contributed by atoms with Crippen molar-refractivity contribution in [1.82, 2.24) is 5.32 Å². The zero-order valence-electron chi connectivity index (χ0n) is 28.1. The lowest BCUT2D eigenvalue weighted by Gasteiger charge is -2.48. The fraction of sp³-hybridized carbons (Fsp3) is 0.900. The molecule has 14 nitrogen and oxygen atoms in total. The zero-order chi connectivity index (χ0) is 37.5. The Bertz CT molecular complexity index is 1130. The predicted molar refractivity (Wildman–Crippen MR) is 193 cm³/mol. The van der Waals surface area contributed by atoms with Gasteiger partial charge in [0.15, 0.2) is 18.9 Å². The highest BCUT2D eigenvalue weighted by atomic mass is 127. The largest absolute Gasteiger partial charge is 0.471 e. The van der Waals surface area contributed by atoms with Gasteiger partial charge >= 0.3 is 24.0 Å². The van der Waals surface area contributed by atoms with Crippen LogP contribution in [0.1, 0.15) is 60.3 Å². The molecule has 0 aromatic rings. The summed E-state index contributed by atoms with van der Waals surface area (Å²) in [4.78, 5) is 35.3. The number of rotatable bonds is 14. The molecule has 0 bridgehead atoms. The highest BCUT2D eigenvalue weighted by Crippen LogP contribution is 2.39. The number of hydrogen-bond donors (Lipinski definition) is 3. The van der Waals surface area contributed by atoms with Crippen molar-refractivity contribution in [3.8, 4) is 0 Å². The molecule has 0 aliphatic carbocycles. The Labute approximate surface area is 329 Å². The number of ether oxygens (including phenoxy) is 8. The maximum atomic E-state index is 12.3. The molecule has 290 valence electrons. The minimum absolute atomic E-state index is 0.0805. The third-order valence-electron chi connectivity index (χ3n) is 8.27. The number of halogens is 6. The van der Waals surface area contributed by atoms with Crippen LogP contribution in [0.15, 0.2) is 0 Å². The van der Waals surface area contributed by atoms with Gasteiger partial charge in [-0.2, -0.15) is 13.2 Å². The maximum absolute atomic E-state index is 12.3. The predicted octanol–water partition coefficient (Wildman–Crippen LogP) is 3.24. The molecule has 0 unspecified atom stereocenters. The van der Waals surface area contributed by atoms with Crippen molar-refractivity contribution >= 4 is 85.6 Å². The average molecular weight is 1070 g/mol. The van der Waals surface area contributed by atoms with E-state index in [4.69, 9.17) is 37.9 Å². The molecule has 3 heterocycles. The highest BCUT2D eigenvalue weighted by Gasteiger charge is 2.54. The second-order valence-corrected chi connectivity index (χ2v) is 16.6. The van der Waals surface area contributed by atoms with E-state index in [9.17, 15) is 37.8 Å². The Morgan fingerprint density at radius 3 is 1.66 bits per heavy atom. The summed E-state index contributed by atoms with van der Waals surface area (Å²) in [6, 6.07) is 0. The first-order valence-corrected chi connectivity index (χ1v) is 19.9. The molecule has 0 aromatic heterocycles. The van der Waals surface area contributed by atoms with Crippen LogP contribution in [0.25, 0.3) is 0 Å². The lowest BCUT2D eigenvalue weighted by Crippen LogP contribution is -2.64. The lowest BCUT2D eigenvalue weighted by atomic mass is 9.99. The van der Waals surface area contributed by atoms with Gasteiger partial charge in [0.2, 0.25) is 0 Å². The minimum Gasteiger partial charge on any atom is -0.458 e. The van der Waals surface area contributed by atoms with Gasteiger partial charge < -0.3 is 53.4 Å². The number of carbonyl (C=O) groups is 3. The lowest BCUT2D eigenvalue weighted by molar-refractivity contribution is -0.327. The minimum atomic E-state index is -4.90. The molecule has 3 rings (SSSR count). The van der Waals surface area contributed by atoms with E-state index in [1.807, 2.05) is 27.9 Å². The van der Waals surface area contributed by atoms with Crippen LogP contribution < -0.4 is 5.32 Å². The Hall–Kier alpha value is 0.0700. The maximum Gasteiger partial charge on any atom is 0.471 e. The van der Waals surface area contributed by atoms with E-state index in [0.717, 1.165) is 0 Å². The molecule has 3 aliphatic rings. The topological polar surface area (TPSA) is 178 Å². The highest BCUT2D eigenvalue weighted by molar-refractivity contribution is 14.1. The number of aliphatic hydroxyl groups is 2. The molecule has 3 fully saturated rings. The third kappa shape index (κ3) is 12.3. The molecule has 0 spiro atoms. The summed E-state index contributed by atoms with van der Waals surface area (Å²) in [5.41, 5.74) is 0. The van der Waals surface area contributed by atoms with Crippen LogP contribution in [0.4, 0.5) is 13.2 Å². The smallest absolute Gasteiger partial charge is 0.458 e. The van der Waals surface area contributed by atoms with Crippen molar-refractivity contribution in [2.75, 3.05) is 13.2 Å². The van der Waals surface area contributed by atoms with Crippen molar-refractivity contribution in [1.29, 1.82) is 0 Å². The SMILES string of the molecule is CC(=O)O[C@H]1[C@@H](I)[C@H](O[C@@H]2[C@@H](OC(C)=O)[C@@H](I)[C@H](OCCCCCCNC(=O)C(F)(F)F)O[C@H]2C)O[C@@H](C)[C@@H]1O[C@@H]1O[C@@H](C)[C@H](O)[C@@H](O)[C@H]1I. The summed E-state index contributed by atoms with van der Waals surface area (Å²) in [5.74, 6) is -3.07. The van der Waals surface area contributed by atoms with Crippen LogP contribution in [-0.4, -0.2) is 133 Å². The van der Waals surface area contributed by atoms with Crippen LogP contribution in [0, 0.1) is 0 Å². The standard InChI is InChI=1S/C30H45F3I3NO13/c1-12-20(40)21(41)17(34)27(44-12)49-23-14(3)46-28(19(36)25(23)48-16(5)39)50-22-13(2)45-26(18(35)24(22)47-15(4)38)43-11-9-7-6-8-10-37-29(42)30(31,32)33/h12-14,17-28,40-41H,6-11H2,1-5H3,(H,37,42)/t12-,13-,14-,17+,18+,19+,20-,21-,22-,23-,24-,25-,26+,27-,28-/m0/s1. The molecule has 1 amide bonds. The van der Waals surface area contributed by atoms with E-state index in [1.165, 1.54) is 13.8 Å². The molecule has 3 aliphatic heterocycles. The van der Waals surface area contributed by atoms with Crippen molar-refractivity contribution < 1.29 is 75.7 Å². The molecular weight excluding hydrogens is 1020 g/mol. The van der Waals surface area contributed by atoms with Gasteiger partial charge in [-0.1, -0.05) is 80.6 Å². The van der Waals surface area contributed by atoms with E-state index >= 15 is 0 Å². The number of unbranched alkanes of at least 4 members (excludes halogenated alkanes) is 3. The van der Waals surface area contributed by atoms with Gasteiger partial charge in [-0.05, 0) is 33.6 Å². The number of hydrogen-bond acceptors (Lipinski definition) is 13. The number of amides is 1. The summed E-state index contributed by atoms with van der Waals surface area (Å²) in [6.45, 7) is 7.80. The molecule has 0 aromatic carbocycles. The van der Waals surface area contributed by atoms with Gasteiger partial charge in [0, 0.05) is 27.0 Å². The van der Waals surface area contributed by atoms with E-state index in [1.54, 1.807) is 20.8 Å². The average Bonchev–Trinajstić information content (AvgIpc) is 3.02. The Morgan fingerprint density at radius 2 is 1.14 bits per heavy atom. The van der Waals surface area contributed by atoms with Crippen LogP contribution in [-0.2, 0) is 52.3 Å². The zero-order valence-corrected chi connectivity index (χ0v) is 34.5. The summed E-state index contributed by atoms with van der Waals surface area (Å²) in [5, 5.41) is 22.6. The van der Waals surface area contributed by atoms with Crippen LogP contribution >= 0.6 is 67.8 Å². The summed E-state index contributed by atoms with van der Waals surface area (Å²) in [7, 11) is 0. The van der Waals surface area contributed by atoms with Gasteiger partial charge in [-0.15, -0.1) is 0 Å². The van der Waals surface area contributed by atoms with Gasteiger partial charge in [-0.3, -0.25) is 14.4 Å². The van der Waals surface area contributed by atoms with Gasteiger partial charge in [0.1, 0.15) is 38.4 Å². The second kappa shape index (κ2) is 20.1. The normalized spacial score (nSPS) is 39.4. The van der Waals surface area contributed by atoms with Gasteiger partial charge in [0.05, 0.1) is 28.3 Å². The first kappa shape index (κ1) is 44.5. The van der Waals surface area contributed by atoms with E-state index in [2.05, 4.69) is 45.2 Å². The van der Waals surface area contributed by atoms with Crippen molar-refractivity contribution in [3.05, 3.63) is 0 Å². The molecule has 3 saturated heterocycles. The third-order valence-corrected chi connectivity index (χ3v) is 12.2. The van der Waals surface area contributed by atoms with E-state index < -0.39 is 110 Å². The second-order valence-electron chi connectivity index (χ2n) is 12.3. The van der Waals surface area contributed by atoms with Crippen LogP contribution in [0.2, 0.25) is 0 Å². The molecule has 3 N–H and O–H groups in total. The molecule has 20 heteroatoms. The Balaban J connectivity index is 1.62. The first-order valence-electron chi connectivity index (χ1n) is 16.2. The van der Waals surface area contributed by atoms with Crippen LogP contribution in [0.3, 0.4) is 0 Å². The molecule has 50 heavy (non-hydrogen) atoms. The quantitative estimate of drug-likeness (QED) is 0.100. The molecule has 0 radical (unpaired) electrons. The summed E-state index contributed by atoms with van der Waals surface area (Å²) >= 11 is 6.07. The fourth-order valence-corrected chi connectivity index (χ4v) is 8.28. The Morgan fingerprint density at radius 1 is 0.680 bits per heavy atom. The fourth-order valence-electron chi connectivity index (χ4n) is 5.69. The first-order chi connectivity index (χ1) is 23.3. The monoisotopic (exact) mass is 1060 g/mol. The van der Waals surface area contributed by atoms with Crippen molar-refractivity contribution in [3.63, 3.8) is 0 Å². The van der Waals surface area contributed by atoms with E-state index in [0.29, 0.717) is 25.7 Å². The molecular formula is C30H45F3I3NO13. The Kier molecular flexibility index (Phi) is 17.9. The number of carbonyl (C=O) groups excluding carboxylic acids is 3. The summed E-state index contributed by atoms with van der Waals surface area (Å²) in [6.07, 6.45) is -13.1. The van der Waals surface area contributed by atoms with E-state index in [-0.39, 0.29) is 13.2 Å². The van der Waals surface area contributed by atoms with Crippen molar-refractivity contribution in [2.24, 2.45) is 0 Å². The van der Waals surface area contributed by atoms with Gasteiger partial charge in [-0.25, -0.2) is 0 Å².